The molecule has 0 aromatic carbocycles. The molecule has 2 atom stereocenters. The zero-order valence-electron chi connectivity index (χ0n) is 12.6. The molecule has 3 heterocycles. The Morgan fingerprint density at radius 1 is 1.59 bits per heavy atom. The number of amides is 1. The van der Waals surface area contributed by atoms with Gasteiger partial charge in [-0.15, -0.1) is 0 Å². The third-order valence-corrected chi connectivity index (χ3v) is 4.80. The average Bonchev–Trinajstić information content (AvgIpc) is 3.24. The van der Waals surface area contributed by atoms with Crippen LogP contribution < -0.4 is 5.73 Å². The van der Waals surface area contributed by atoms with Crippen LogP contribution in [0.5, 0.6) is 0 Å². The maximum Gasteiger partial charge on any atom is 0.227 e. The van der Waals surface area contributed by atoms with Crippen molar-refractivity contribution in [2.75, 3.05) is 13.1 Å². The summed E-state index contributed by atoms with van der Waals surface area (Å²) in [6.45, 7) is 3.48. The van der Waals surface area contributed by atoms with Gasteiger partial charge >= 0.3 is 0 Å². The van der Waals surface area contributed by atoms with Crippen LogP contribution in [0.2, 0.25) is 0 Å². The van der Waals surface area contributed by atoms with E-state index in [4.69, 9.17) is 10.3 Å². The lowest BCUT2D eigenvalue weighted by atomic mass is 10.1. The van der Waals surface area contributed by atoms with Crippen LogP contribution in [-0.2, 0) is 11.2 Å². The second-order valence-corrected chi connectivity index (χ2v) is 6.54. The Bertz CT molecular complexity index is 625. The van der Waals surface area contributed by atoms with Gasteiger partial charge in [-0.2, -0.15) is 16.3 Å². The van der Waals surface area contributed by atoms with E-state index in [0.29, 0.717) is 37.0 Å². The summed E-state index contributed by atoms with van der Waals surface area (Å²) in [5, 5.41) is 7.89. The van der Waals surface area contributed by atoms with E-state index in [0.717, 1.165) is 18.5 Å². The van der Waals surface area contributed by atoms with Crippen molar-refractivity contribution in [3.63, 3.8) is 0 Å². The summed E-state index contributed by atoms with van der Waals surface area (Å²) in [4.78, 5) is 18.6. The first-order valence-corrected chi connectivity index (χ1v) is 8.46. The predicted octanol–water partition coefficient (Wildman–Crippen LogP) is 1.93. The van der Waals surface area contributed by atoms with Gasteiger partial charge in [0, 0.05) is 36.4 Å². The molecule has 118 valence electrons. The van der Waals surface area contributed by atoms with Crippen LogP contribution in [0.15, 0.2) is 21.3 Å². The molecule has 1 fully saturated rings. The third kappa shape index (κ3) is 3.20. The molecule has 7 heteroatoms. The first kappa shape index (κ1) is 15.2. The number of aryl methyl sites for hydroxylation is 1. The average molecular weight is 320 g/mol. The number of hydrogen-bond donors (Lipinski definition) is 1. The number of aromatic nitrogens is 2. The lowest BCUT2D eigenvalue weighted by Crippen LogP contribution is -2.34. The highest BCUT2D eigenvalue weighted by Gasteiger charge is 2.31. The van der Waals surface area contributed by atoms with E-state index in [1.54, 1.807) is 11.3 Å². The Labute approximate surface area is 133 Å². The van der Waals surface area contributed by atoms with Crippen LogP contribution in [0.3, 0.4) is 0 Å². The fourth-order valence-electron chi connectivity index (χ4n) is 2.88. The molecule has 1 aliphatic rings. The molecule has 22 heavy (non-hydrogen) atoms. The van der Waals surface area contributed by atoms with Gasteiger partial charge in [0.05, 0.1) is 0 Å². The SMILES string of the molecule is CC1CC(CN)CN1C(=O)CCc1nc(-c2ccsc2)no1. The summed E-state index contributed by atoms with van der Waals surface area (Å²) in [6.07, 6.45) is 1.87. The highest BCUT2D eigenvalue weighted by Crippen LogP contribution is 2.23. The normalized spacial score (nSPS) is 21.5. The topological polar surface area (TPSA) is 85.2 Å². The number of hydrogen-bond acceptors (Lipinski definition) is 6. The maximum atomic E-state index is 12.3. The molecular weight excluding hydrogens is 300 g/mol. The predicted molar refractivity (Wildman–Crippen MR) is 84.3 cm³/mol. The number of likely N-dealkylation sites (tertiary alicyclic amines) is 1. The van der Waals surface area contributed by atoms with E-state index in [1.165, 1.54) is 0 Å². The fourth-order valence-corrected chi connectivity index (χ4v) is 3.52. The summed E-state index contributed by atoms with van der Waals surface area (Å²) in [5.41, 5.74) is 6.65. The molecule has 0 radical (unpaired) electrons. The summed E-state index contributed by atoms with van der Waals surface area (Å²) in [7, 11) is 0. The quantitative estimate of drug-likeness (QED) is 0.910. The van der Waals surface area contributed by atoms with Crippen LogP contribution in [0.25, 0.3) is 11.4 Å². The van der Waals surface area contributed by atoms with Crippen molar-refractivity contribution in [1.29, 1.82) is 0 Å². The number of rotatable bonds is 5. The minimum Gasteiger partial charge on any atom is -0.340 e. The van der Waals surface area contributed by atoms with Crippen molar-refractivity contribution < 1.29 is 9.32 Å². The molecule has 1 aliphatic heterocycles. The largest absolute Gasteiger partial charge is 0.340 e. The first-order valence-electron chi connectivity index (χ1n) is 7.52. The first-order chi connectivity index (χ1) is 10.7. The molecule has 0 aliphatic carbocycles. The fraction of sp³-hybridized carbons (Fsp3) is 0.533. The Hall–Kier alpha value is -1.73. The van der Waals surface area contributed by atoms with Gasteiger partial charge in [0.2, 0.25) is 17.6 Å². The monoisotopic (exact) mass is 320 g/mol. The molecule has 3 rings (SSSR count). The van der Waals surface area contributed by atoms with Gasteiger partial charge in [-0.3, -0.25) is 4.79 Å². The summed E-state index contributed by atoms with van der Waals surface area (Å²) in [6, 6.07) is 2.22. The van der Waals surface area contributed by atoms with Gasteiger partial charge in [0.1, 0.15) is 0 Å². The summed E-state index contributed by atoms with van der Waals surface area (Å²) < 4.78 is 5.22. The van der Waals surface area contributed by atoms with Crippen molar-refractivity contribution in [2.24, 2.45) is 11.7 Å². The zero-order chi connectivity index (χ0) is 15.5. The van der Waals surface area contributed by atoms with Gasteiger partial charge in [-0.05, 0) is 37.3 Å². The van der Waals surface area contributed by atoms with E-state index < -0.39 is 0 Å². The van der Waals surface area contributed by atoms with E-state index in [9.17, 15) is 4.79 Å². The molecule has 0 spiro atoms. The lowest BCUT2D eigenvalue weighted by Gasteiger charge is -2.21. The Kier molecular flexibility index (Phi) is 4.54. The van der Waals surface area contributed by atoms with E-state index in [2.05, 4.69) is 17.1 Å². The molecule has 2 aromatic heterocycles. The second kappa shape index (κ2) is 6.58. The molecule has 0 saturated carbocycles. The lowest BCUT2D eigenvalue weighted by molar-refractivity contribution is -0.131. The summed E-state index contributed by atoms with van der Waals surface area (Å²) >= 11 is 1.59. The van der Waals surface area contributed by atoms with Gasteiger partial charge in [-0.25, -0.2) is 0 Å². The van der Waals surface area contributed by atoms with Crippen molar-refractivity contribution in [3.8, 4) is 11.4 Å². The van der Waals surface area contributed by atoms with E-state index in [1.807, 2.05) is 21.7 Å². The Morgan fingerprint density at radius 2 is 2.45 bits per heavy atom. The van der Waals surface area contributed by atoms with Gasteiger partial charge in [0.25, 0.3) is 0 Å². The Balaban J connectivity index is 1.55. The minimum absolute atomic E-state index is 0.138. The number of nitrogens with two attached hydrogens (primary N) is 1. The van der Waals surface area contributed by atoms with E-state index in [-0.39, 0.29) is 11.9 Å². The summed E-state index contributed by atoms with van der Waals surface area (Å²) in [5.74, 6) is 1.66. The molecule has 2 N–H and O–H groups in total. The van der Waals surface area contributed by atoms with Crippen molar-refractivity contribution in [3.05, 3.63) is 22.7 Å². The number of carbonyl (C=O) groups excluding carboxylic acids is 1. The zero-order valence-corrected chi connectivity index (χ0v) is 13.4. The number of carbonyl (C=O) groups is 1. The maximum absolute atomic E-state index is 12.3. The van der Waals surface area contributed by atoms with Crippen molar-refractivity contribution in [1.82, 2.24) is 15.0 Å². The molecular formula is C15H20N4O2S. The molecule has 1 amide bonds. The van der Waals surface area contributed by atoms with Crippen LogP contribution in [0.4, 0.5) is 0 Å². The smallest absolute Gasteiger partial charge is 0.227 e. The van der Waals surface area contributed by atoms with Crippen LogP contribution in [-0.4, -0.2) is 40.1 Å². The van der Waals surface area contributed by atoms with Crippen molar-refractivity contribution >= 4 is 17.2 Å². The molecule has 0 bridgehead atoms. The molecule has 1 saturated heterocycles. The molecule has 6 nitrogen and oxygen atoms in total. The van der Waals surface area contributed by atoms with Gasteiger partial charge in [-0.1, -0.05) is 5.16 Å². The number of thiophene rings is 1. The van der Waals surface area contributed by atoms with Gasteiger partial charge in [0.15, 0.2) is 0 Å². The third-order valence-electron chi connectivity index (χ3n) is 4.12. The number of nitrogens with zero attached hydrogens (tertiary/aromatic N) is 3. The van der Waals surface area contributed by atoms with Crippen molar-refractivity contribution in [2.45, 2.75) is 32.2 Å². The minimum atomic E-state index is 0.138. The molecule has 2 aromatic rings. The van der Waals surface area contributed by atoms with E-state index >= 15 is 0 Å². The highest BCUT2D eigenvalue weighted by molar-refractivity contribution is 7.08. The van der Waals surface area contributed by atoms with Gasteiger partial charge < -0.3 is 15.2 Å². The highest BCUT2D eigenvalue weighted by atomic mass is 32.1. The van der Waals surface area contributed by atoms with Crippen LogP contribution >= 0.6 is 11.3 Å². The second-order valence-electron chi connectivity index (χ2n) is 5.76. The standard InChI is InChI=1S/C15H20N4O2S/c1-10-6-11(7-16)8-19(10)14(20)3-2-13-17-15(18-21-13)12-4-5-22-9-12/h4-5,9-11H,2-3,6-8,16H2,1H3. The molecule has 2 unspecified atom stereocenters. The Morgan fingerprint density at radius 3 is 3.14 bits per heavy atom. The van der Waals surface area contributed by atoms with Crippen LogP contribution in [0.1, 0.15) is 25.7 Å². The van der Waals surface area contributed by atoms with Crippen LogP contribution in [0, 0.1) is 5.92 Å².